The van der Waals surface area contributed by atoms with Crippen LogP contribution in [0.3, 0.4) is 0 Å². The van der Waals surface area contributed by atoms with Gasteiger partial charge in [-0.05, 0) is 41.3 Å². The van der Waals surface area contributed by atoms with Gasteiger partial charge in [-0.15, -0.1) is 0 Å². The van der Waals surface area contributed by atoms with E-state index in [0.29, 0.717) is 11.9 Å². The highest BCUT2D eigenvalue weighted by Crippen LogP contribution is 2.41. The molecule has 2 amide bonds. The van der Waals surface area contributed by atoms with Gasteiger partial charge in [-0.3, -0.25) is 19.1 Å². The van der Waals surface area contributed by atoms with Crippen molar-refractivity contribution in [3.05, 3.63) is 108 Å². The van der Waals surface area contributed by atoms with E-state index in [0.717, 1.165) is 22.1 Å². The highest BCUT2D eigenvalue weighted by Gasteiger charge is 2.52. The molecule has 0 radical (unpaired) electrons. The van der Waals surface area contributed by atoms with Crippen LogP contribution in [0.5, 0.6) is 0 Å². The van der Waals surface area contributed by atoms with Crippen LogP contribution in [-0.2, 0) is 32.7 Å². The Bertz CT molecular complexity index is 1380. The fourth-order valence-electron chi connectivity index (χ4n) is 4.83. The maximum atomic E-state index is 14.0. The van der Waals surface area contributed by atoms with Gasteiger partial charge in [0.05, 0.1) is 24.6 Å². The SMILES string of the molecule is COC(=O)n1ccc2cc(C3(Cc4ccccc4)CC(=O)N(Cc4ccccc4)C3=O)ccc21. The fourth-order valence-corrected chi connectivity index (χ4v) is 4.83. The summed E-state index contributed by atoms with van der Waals surface area (Å²) in [5, 5.41) is 0.803. The van der Waals surface area contributed by atoms with Crippen LogP contribution in [0.15, 0.2) is 91.1 Å². The van der Waals surface area contributed by atoms with Gasteiger partial charge in [-0.1, -0.05) is 66.7 Å². The van der Waals surface area contributed by atoms with Gasteiger partial charge >= 0.3 is 6.09 Å². The predicted octanol–water partition coefficient (Wildman–Crippen LogP) is 4.70. The van der Waals surface area contributed by atoms with E-state index >= 15 is 0 Å². The number of carbonyl (C=O) groups is 3. The van der Waals surface area contributed by atoms with Crippen molar-refractivity contribution in [3.8, 4) is 0 Å². The largest absolute Gasteiger partial charge is 0.452 e. The average molecular weight is 453 g/mol. The van der Waals surface area contributed by atoms with Crippen molar-refractivity contribution in [3.63, 3.8) is 0 Å². The Balaban J connectivity index is 1.59. The number of methoxy groups -OCH3 is 1. The van der Waals surface area contributed by atoms with Crippen LogP contribution in [0.25, 0.3) is 10.9 Å². The number of hydrogen-bond acceptors (Lipinski definition) is 4. The van der Waals surface area contributed by atoms with Gasteiger partial charge in [-0.25, -0.2) is 4.79 Å². The summed E-state index contributed by atoms with van der Waals surface area (Å²) in [6.45, 7) is 0.246. The maximum absolute atomic E-state index is 14.0. The summed E-state index contributed by atoms with van der Waals surface area (Å²) in [4.78, 5) is 40.6. The third-order valence-electron chi connectivity index (χ3n) is 6.55. The molecule has 34 heavy (non-hydrogen) atoms. The Hall–Kier alpha value is -4.19. The molecule has 0 N–H and O–H groups in total. The molecule has 0 aliphatic carbocycles. The quantitative estimate of drug-likeness (QED) is 0.412. The van der Waals surface area contributed by atoms with Crippen molar-refractivity contribution in [2.24, 2.45) is 0 Å². The molecule has 0 saturated carbocycles. The first-order valence-electron chi connectivity index (χ1n) is 11.1. The molecular weight excluding hydrogens is 428 g/mol. The molecule has 1 unspecified atom stereocenters. The van der Waals surface area contributed by atoms with Crippen molar-refractivity contribution >= 4 is 28.8 Å². The summed E-state index contributed by atoms with van der Waals surface area (Å²) in [7, 11) is 1.33. The zero-order chi connectivity index (χ0) is 23.7. The number of hydrogen-bond donors (Lipinski definition) is 0. The lowest BCUT2D eigenvalue weighted by atomic mass is 9.74. The Morgan fingerprint density at radius 2 is 1.59 bits per heavy atom. The molecule has 2 heterocycles. The number of benzene rings is 3. The zero-order valence-corrected chi connectivity index (χ0v) is 18.8. The second-order valence-corrected chi connectivity index (χ2v) is 8.62. The lowest BCUT2D eigenvalue weighted by Crippen LogP contribution is -2.40. The second kappa shape index (κ2) is 8.63. The fraction of sp³-hybridized carbons (Fsp3) is 0.179. The molecule has 3 aromatic carbocycles. The minimum absolute atomic E-state index is 0.0940. The number of aromatic nitrogens is 1. The van der Waals surface area contributed by atoms with Crippen molar-refractivity contribution < 1.29 is 19.1 Å². The number of nitrogens with zero attached hydrogens (tertiary/aromatic N) is 2. The number of imide groups is 1. The van der Waals surface area contributed by atoms with E-state index in [2.05, 4.69) is 0 Å². The molecule has 170 valence electrons. The van der Waals surface area contributed by atoms with Crippen LogP contribution in [0.4, 0.5) is 4.79 Å². The predicted molar refractivity (Wildman–Crippen MR) is 128 cm³/mol. The third kappa shape index (κ3) is 3.67. The maximum Gasteiger partial charge on any atom is 0.418 e. The van der Waals surface area contributed by atoms with Crippen LogP contribution >= 0.6 is 0 Å². The molecule has 6 nitrogen and oxygen atoms in total. The molecule has 1 aromatic heterocycles. The minimum atomic E-state index is -1.02. The number of ether oxygens (including phenoxy) is 1. The van der Waals surface area contributed by atoms with Crippen LogP contribution in [0, 0.1) is 0 Å². The first kappa shape index (κ1) is 21.6. The number of fused-ring (bicyclic) bond motifs is 1. The summed E-state index contributed by atoms with van der Waals surface area (Å²) in [5.41, 5.74) is 2.32. The summed E-state index contributed by atoms with van der Waals surface area (Å²) in [6, 6.07) is 26.7. The van der Waals surface area contributed by atoms with Crippen LogP contribution in [-0.4, -0.2) is 34.5 Å². The highest BCUT2D eigenvalue weighted by molar-refractivity contribution is 6.09. The summed E-state index contributed by atoms with van der Waals surface area (Å²) >= 11 is 0. The molecule has 5 rings (SSSR count). The average Bonchev–Trinajstić information content (AvgIpc) is 3.39. The first-order valence-corrected chi connectivity index (χ1v) is 11.1. The molecule has 0 spiro atoms. The molecule has 1 saturated heterocycles. The van der Waals surface area contributed by atoms with Crippen LogP contribution < -0.4 is 0 Å². The molecule has 1 atom stereocenters. The van der Waals surface area contributed by atoms with E-state index in [1.54, 1.807) is 6.20 Å². The van der Waals surface area contributed by atoms with Crippen molar-refractivity contribution in [2.45, 2.75) is 24.8 Å². The Morgan fingerprint density at radius 3 is 2.26 bits per heavy atom. The van der Waals surface area contributed by atoms with E-state index in [9.17, 15) is 14.4 Å². The van der Waals surface area contributed by atoms with Gasteiger partial charge < -0.3 is 4.74 Å². The lowest BCUT2D eigenvalue weighted by Gasteiger charge is -2.28. The van der Waals surface area contributed by atoms with Gasteiger partial charge in [-0.2, -0.15) is 0 Å². The second-order valence-electron chi connectivity index (χ2n) is 8.62. The lowest BCUT2D eigenvalue weighted by molar-refractivity contribution is -0.140. The van der Waals surface area contributed by atoms with Crippen molar-refractivity contribution in [1.82, 2.24) is 9.47 Å². The van der Waals surface area contributed by atoms with Gasteiger partial charge in [0.25, 0.3) is 0 Å². The van der Waals surface area contributed by atoms with Gasteiger partial charge in [0.1, 0.15) is 0 Å². The van der Waals surface area contributed by atoms with Gasteiger partial charge in [0, 0.05) is 18.0 Å². The summed E-state index contributed by atoms with van der Waals surface area (Å²) in [6.07, 6.45) is 1.67. The number of amides is 2. The van der Waals surface area contributed by atoms with Crippen molar-refractivity contribution in [2.75, 3.05) is 7.11 Å². The molecule has 1 fully saturated rings. The number of likely N-dealkylation sites (tertiary alicyclic amines) is 1. The van der Waals surface area contributed by atoms with E-state index in [4.69, 9.17) is 4.74 Å². The zero-order valence-electron chi connectivity index (χ0n) is 18.8. The minimum Gasteiger partial charge on any atom is -0.452 e. The van der Waals surface area contributed by atoms with E-state index < -0.39 is 11.5 Å². The molecule has 6 heteroatoms. The van der Waals surface area contributed by atoms with Gasteiger partial charge in [0.15, 0.2) is 0 Å². The first-order chi connectivity index (χ1) is 16.5. The highest BCUT2D eigenvalue weighted by atomic mass is 16.5. The van der Waals surface area contributed by atoms with E-state index in [1.165, 1.54) is 16.6 Å². The van der Waals surface area contributed by atoms with E-state index in [-0.39, 0.29) is 24.8 Å². The van der Waals surface area contributed by atoms with Crippen molar-refractivity contribution in [1.29, 1.82) is 0 Å². The van der Waals surface area contributed by atoms with E-state index in [1.807, 2.05) is 84.9 Å². The topological polar surface area (TPSA) is 68.6 Å². The Labute approximate surface area is 197 Å². The normalized spacial score (nSPS) is 18.0. The molecule has 0 bridgehead atoms. The van der Waals surface area contributed by atoms with Crippen LogP contribution in [0.2, 0.25) is 0 Å². The summed E-state index contributed by atoms with van der Waals surface area (Å²) in [5.74, 6) is -0.381. The standard InChI is InChI=1S/C28H24N2O4/c1-34-27(33)29-15-14-22-16-23(12-13-24(22)29)28(17-20-8-4-2-5-9-20)18-25(31)30(26(28)32)19-21-10-6-3-7-11-21/h2-16H,17-19H2,1H3. The summed E-state index contributed by atoms with van der Waals surface area (Å²) < 4.78 is 6.27. The molecule has 1 aliphatic rings. The number of carbonyl (C=O) groups excluding carboxylic acids is 3. The van der Waals surface area contributed by atoms with Crippen LogP contribution in [0.1, 0.15) is 23.1 Å². The molecule has 4 aromatic rings. The Morgan fingerprint density at radius 1 is 0.912 bits per heavy atom. The monoisotopic (exact) mass is 452 g/mol. The smallest absolute Gasteiger partial charge is 0.418 e. The number of rotatable bonds is 5. The Kier molecular flexibility index (Phi) is 5.49. The molecule has 1 aliphatic heterocycles. The third-order valence-corrected chi connectivity index (χ3v) is 6.55. The van der Waals surface area contributed by atoms with Gasteiger partial charge in [0.2, 0.25) is 11.8 Å². The molecular formula is C28H24N2O4.